The van der Waals surface area contributed by atoms with Crippen LogP contribution in [0.4, 0.5) is 5.69 Å². The van der Waals surface area contributed by atoms with Crippen molar-refractivity contribution >= 4 is 43.9 Å². The van der Waals surface area contributed by atoms with Gasteiger partial charge in [0, 0.05) is 12.1 Å². The summed E-state index contributed by atoms with van der Waals surface area (Å²) >= 11 is 3.25. The van der Waals surface area contributed by atoms with E-state index >= 15 is 0 Å². The minimum atomic E-state index is -4.33. The number of hydrazone groups is 1. The van der Waals surface area contributed by atoms with E-state index in [2.05, 4.69) is 26.5 Å². The number of benzene rings is 3. The summed E-state index contributed by atoms with van der Waals surface area (Å²) in [6, 6.07) is 12.3. The van der Waals surface area contributed by atoms with Crippen molar-refractivity contribution in [3.8, 4) is 17.2 Å². The van der Waals surface area contributed by atoms with E-state index in [1.807, 2.05) is 6.92 Å². The van der Waals surface area contributed by atoms with Crippen molar-refractivity contribution in [2.24, 2.45) is 5.10 Å². The third-order valence-corrected chi connectivity index (χ3v) is 6.59. The molecule has 0 aromatic heterocycles. The quantitative estimate of drug-likeness (QED) is 0.172. The minimum absolute atomic E-state index is 0.0582. The summed E-state index contributed by atoms with van der Waals surface area (Å²) in [5.41, 5.74) is 3.84. The molecule has 1 amide bonds. The Hall–Kier alpha value is -3.97. The van der Waals surface area contributed by atoms with Gasteiger partial charge >= 0.3 is 10.1 Å². The highest BCUT2D eigenvalue weighted by Gasteiger charge is 2.23. The highest BCUT2D eigenvalue weighted by atomic mass is 79.9. The number of non-ortho nitro benzene ring substituents is 1. The molecule has 0 aliphatic rings. The maximum absolute atomic E-state index is 12.7. The summed E-state index contributed by atoms with van der Waals surface area (Å²) in [4.78, 5) is 22.3. The number of hydrogen-bond donors (Lipinski definition) is 1. The Bertz CT molecular complexity index is 1440. The van der Waals surface area contributed by atoms with E-state index in [1.54, 1.807) is 18.2 Å². The number of nitrogens with one attached hydrogen (secondary N) is 1. The van der Waals surface area contributed by atoms with Gasteiger partial charge in [0.15, 0.2) is 11.5 Å². The van der Waals surface area contributed by atoms with Gasteiger partial charge in [-0.1, -0.05) is 6.07 Å². The normalized spacial score (nSPS) is 11.2. The lowest BCUT2D eigenvalue weighted by molar-refractivity contribution is -0.384. The molecule has 0 saturated carbocycles. The fourth-order valence-corrected chi connectivity index (χ4v) is 4.60. The molecule has 0 fully saturated rings. The maximum atomic E-state index is 12.7. The number of ether oxygens (including phenoxy) is 2. The lowest BCUT2D eigenvalue weighted by Crippen LogP contribution is -2.18. The summed E-state index contributed by atoms with van der Waals surface area (Å²) < 4.78 is 41.3. The van der Waals surface area contributed by atoms with Crippen LogP contribution in [0.5, 0.6) is 17.2 Å². The van der Waals surface area contributed by atoms with Crippen LogP contribution >= 0.6 is 15.9 Å². The number of nitro groups is 1. The van der Waals surface area contributed by atoms with E-state index in [4.69, 9.17) is 13.7 Å². The van der Waals surface area contributed by atoms with Crippen LogP contribution in [0.1, 0.15) is 21.5 Å². The molecule has 0 aliphatic carbocycles. The molecule has 0 spiro atoms. The SMILES string of the molecule is COc1cc(C)ccc1C(=O)N/N=C\c1cc(Br)c(OS(=O)(=O)c2ccc([N+](=O)[O-])cc2)c(OC)c1. The molecule has 36 heavy (non-hydrogen) atoms. The largest absolute Gasteiger partial charge is 0.496 e. The molecule has 3 rings (SSSR count). The van der Waals surface area contributed by atoms with Crippen molar-refractivity contribution in [3.05, 3.63) is 85.9 Å². The standard InChI is InChI=1S/C23H20BrN3O8S/c1-14-4-9-18(20(10-14)33-2)23(28)26-25-13-15-11-19(24)22(21(12-15)34-3)35-36(31,32)17-7-5-16(6-8-17)27(29)30/h4-13H,1-3H3,(H,26,28)/b25-13-. The first-order chi connectivity index (χ1) is 17.1. The molecule has 0 unspecified atom stereocenters. The van der Waals surface area contributed by atoms with E-state index in [1.165, 1.54) is 32.6 Å². The van der Waals surface area contributed by atoms with Gasteiger partial charge < -0.3 is 13.7 Å². The van der Waals surface area contributed by atoms with Crippen molar-refractivity contribution in [2.75, 3.05) is 14.2 Å². The Morgan fingerprint density at radius 2 is 1.72 bits per heavy atom. The topological polar surface area (TPSA) is 146 Å². The second-order valence-corrected chi connectivity index (χ2v) is 9.63. The predicted octanol–water partition coefficient (Wildman–Crippen LogP) is 4.21. The lowest BCUT2D eigenvalue weighted by atomic mass is 10.1. The van der Waals surface area contributed by atoms with Crippen LogP contribution in [0.3, 0.4) is 0 Å². The minimum Gasteiger partial charge on any atom is -0.496 e. The Morgan fingerprint density at radius 1 is 1.06 bits per heavy atom. The monoisotopic (exact) mass is 577 g/mol. The highest BCUT2D eigenvalue weighted by molar-refractivity contribution is 9.10. The van der Waals surface area contributed by atoms with E-state index < -0.39 is 20.9 Å². The van der Waals surface area contributed by atoms with Gasteiger partial charge in [0.2, 0.25) is 0 Å². The number of nitro benzene ring substituents is 1. The van der Waals surface area contributed by atoms with Crippen LogP contribution in [0.25, 0.3) is 0 Å². The van der Waals surface area contributed by atoms with Crippen molar-refractivity contribution in [1.29, 1.82) is 0 Å². The summed E-state index contributed by atoms with van der Waals surface area (Å²) in [5, 5.41) is 14.7. The van der Waals surface area contributed by atoms with Crippen LogP contribution in [0.2, 0.25) is 0 Å². The Kier molecular flexibility index (Phi) is 8.27. The zero-order chi connectivity index (χ0) is 26.5. The molecule has 0 aliphatic heterocycles. The first-order valence-corrected chi connectivity index (χ1v) is 12.3. The molecule has 1 N–H and O–H groups in total. The van der Waals surface area contributed by atoms with Gasteiger partial charge in [0.1, 0.15) is 10.6 Å². The molecule has 0 heterocycles. The molecular formula is C23H20BrN3O8S. The summed E-state index contributed by atoms with van der Waals surface area (Å²) in [7, 11) is -1.55. The molecule has 0 atom stereocenters. The van der Waals surface area contributed by atoms with Crippen LogP contribution < -0.4 is 19.1 Å². The molecular weight excluding hydrogens is 558 g/mol. The fraction of sp³-hybridized carbons (Fsp3) is 0.130. The van der Waals surface area contributed by atoms with Gasteiger partial charge in [-0.3, -0.25) is 14.9 Å². The number of carbonyl (C=O) groups is 1. The average molecular weight is 578 g/mol. The smallest absolute Gasteiger partial charge is 0.339 e. The molecule has 3 aromatic carbocycles. The second kappa shape index (κ2) is 11.2. The summed E-state index contributed by atoms with van der Waals surface area (Å²) in [6.45, 7) is 1.87. The van der Waals surface area contributed by atoms with Crippen LogP contribution in [0.15, 0.2) is 69.1 Å². The van der Waals surface area contributed by atoms with Crippen molar-refractivity contribution in [2.45, 2.75) is 11.8 Å². The zero-order valence-electron chi connectivity index (χ0n) is 19.2. The number of rotatable bonds is 9. The van der Waals surface area contributed by atoms with Crippen LogP contribution in [-0.2, 0) is 10.1 Å². The van der Waals surface area contributed by atoms with E-state index in [0.29, 0.717) is 16.9 Å². The first kappa shape index (κ1) is 26.6. The Morgan fingerprint density at radius 3 is 2.33 bits per heavy atom. The van der Waals surface area contributed by atoms with Crippen molar-refractivity contribution < 1.29 is 31.8 Å². The third kappa shape index (κ3) is 6.17. The number of halogens is 1. The van der Waals surface area contributed by atoms with Crippen molar-refractivity contribution in [3.63, 3.8) is 0 Å². The lowest BCUT2D eigenvalue weighted by Gasteiger charge is -2.13. The van der Waals surface area contributed by atoms with Gasteiger partial charge in [-0.15, -0.1) is 0 Å². The fourth-order valence-electron chi connectivity index (χ4n) is 3.00. The van der Waals surface area contributed by atoms with Gasteiger partial charge in [0.05, 0.1) is 35.4 Å². The molecule has 0 saturated heterocycles. The summed E-state index contributed by atoms with van der Waals surface area (Å²) in [6.07, 6.45) is 1.33. The van der Waals surface area contributed by atoms with Crippen LogP contribution in [-0.4, -0.2) is 39.7 Å². The number of carbonyl (C=O) groups excluding carboxylic acids is 1. The first-order valence-electron chi connectivity index (χ1n) is 10.1. The Labute approximate surface area is 215 Å². The molecule has 0 radical (unpaired) electrons. The predicted molar refractivity (Wildman–Crippen MR) is 134 cm³/mol. The van der Waals surface area contributed by atoms with Gasteiger partial charge in [-0.25, -0.2) is 5.43 Å². The third-order valence-electron chi connectivity index (χ3n) is 4.76. The number of hydrogen-bond acceptors (Lipinski definition) is 9. The summed E-state index contributed by atoms with van der Waals surface area (Å²) in [5.74, 6) is -0.157. The highest BCUT2D eigenvalue weighted by Crippen LogP contribution is 2.38. The number of aryl methyl sites for hydroxylation is 1. The maximum Gasteiger partial charge on any atom is 0.339 e. The Balaban J connectivity index is 1.80. The zero-order valence-corrected chi connectivity index (χ0v) is 21.6. The molecule has 0 bridgehead atoms. The second-order valence-electron chi connectivity index (χ2n) is 7.23. The van der Waals surface area contributed by atoms with Crippen LogP contribution in [0, 0.1) is 17.0 Å². The number of methoxy groups -OCH3 is 2. The molecule has 3 aromatic rings. The molecule has 11 nitrogen and oxygen atoms in total. The number of amides is 1. The van der Waals surface area contributed by atoms with E-state index in [0.717, 1.165) is 29.8 Å². The number of nitrogens with zero attached hydrogens (tertiary/aromatic N) is 2. The van der Waals surface area contributed by atoms with E-state index in [-0.39, 0.29) is 26.6 Å². The van der Waals surface area contributed by atoms with E-state index in [9.17, 15) is 23.3 Å². The van der Waals surface area contributed by atoms with Gasteiger partial charge in [0.25, 0.3) is 11.6 Å². The van der Waals surface area contributed by atoms with Crippen molar-refractivity contribution in [1.82, 2.24) is 5.43 Å². The molecule has 188 valence electrons. The molecule has 13 heteroatoms. The van der Waals surface area contributed by atoms with Gasteiger partial charge in [-0.2, -0.15) is 13.5 Å². The van der Waals surface area contributed by atoms with Gasteiger partial charge in [-0.05, 0) is 70.4 Å². The average Bonchev–Trinajstić information content (AvgIpc) is 2.85.